The molecule has 144 valence electrons. The molecular weight excluding hydrogens is 366 g/mol. The standard InChI is InChI=1S/C19H24ClN5O2/c1-3-8-25-18(26)7-5-15(22-25)19(27)21-16-13-14(20)4-6-17(16)24-11-9-23(2)10-12-24/h4-7,13H,3,8-12H2,1-2H3,(H,21,27). The van der Waals surface area contributed by atoms with E-state index < -0.39 is 0 Å². The van der Waals surface area contributed by atoms with E-state index in [1.165, 1.54) is 16.8 Å². The number of carbonyl (C=O) groups is 1. The van der Waals surface area contributed by atoms with E-state index in [1.807, 2.05) is 19.1 Å². The van der Waals surface area contributed by atoms with Crippen molar-refractivity contribution < 1.29 is 4.79 Å². The molecule has 1 N–H and O–H groups in total. The predicted molar refractivity (Wildman–Crippen MR) is 108 cm³/mol. The van der Waals surface area contributed by atoms with Crippen LogP contribution in [0, 0.1) is 0 Å². The van der Waals surface area contributed by atoms with E-state index in [4.69, 9.17) is 11.6 Å². The molecule has 0 spiro atoms. The first-order valence-corrected chi connectivity index (χ1v) is 9.48. The molecule has 1 aliphatic heterocycles. The molecule has 1 aromatic heterocycles. The molecule has 7 nitrogen and oxygen atoms in total. The van der Waals surface area contributed by atoms with Gasteiger partial charge >= 0.3 is 0 Å². The first-order valence-electron chi connectivity index (χ1n) is 9.10. The summed E-state index contributed by atoms with van der Waals surface area (Å²) in [6.45, 7) is 6.10. The van der Waals surface area contributed by atoms with Crippen molar-refractivity contribution in [3.8, 4) is 0 Å². The van der Waals surface area contributed by atoms with Crippen LogP contribution in [0.3, 0.4) is 0 Å². The van der Waals surface area contributed by atoms with E-state index in [2.05, 4.69) is 27.3 Å². The Bertz CT molecular complexity index is 875. The fraction of sp³-hybridized carbons (Fsp3) is 0.421. The summed E-state index contributed by atoms with van der Waals surface area (Å²) in [5.41, 5.74) is 1.57. The van der Waals surface area contributed by atoms with Crippen LogP contribution in [0.5, 0.6) is 0 Å². The number of hydrogen-bond acceptors (Lipinski definition) is 5. The van der Waals surface area contributed by atoms with Gasteiger partial charge in [0.1, 0.15) is 5.69 Å². The van der Waals surface area contributed by atoms with E-state index >= 15 is 0 Å². The summed E-state index contributed by atoms with van der Waals surface area (Å²) in [5, 5.41) is 7.63. The van der Waals surface area contributed by atoms with Gasteiger partial charge in [0.05, 0.1) is 11.4 Å². The number of benzene rings is 1. The summed E-state index contributed by atoms with van der Waals surface area (Å²) in [6, 6.07) is 8.31. The first kappa shape index (κ1) is 19.4. The first-order chi connectivity index (χ1) is 13.0. The monoisotopic (exact) mass is 389 g/mol. The number of aryl methyl sites for hydroxylation is 1. The summed E-state index contributed by atoms with van der Waals surface area (Å²) < 4.78 is 1.31. The summed E-state index contributed by atoms with van der Waals surface area (Å²) >= 11 is 6.16. The number of nitrogens with one attached hydrogen (secondary N) is 1. The molecule has 0 bridgehead atoms. The molecule has 2 heterocycles. The average Bonchev–Trinajstić information content (AvgIpc) is 2.65. The van der Waals surface area contributed by atoms with Crippen LogP contribution >= 0.6 is 11.6 Å². The van der Waals surface area contributed by atoms with Crippen LogP contribution in [0.1, 0.15) is 23.8 Å². The minimum Gasteiger partial charge on any atom is -0.367 e. The van der Waals surface area contributed by atoms with Crippen molar-refractivity contribution in [3.63, 3.8) is 0 Å². The van der Waals surface area contributed by atoms with Crippen molar-refractivity contribution in [2.24, 2.45) is 0 Å². The molecule has 1 fully saturated rings. The highest BCUT2D eigenvalue weighted by molar-refractivity contribution is 6.31. The second kappa shape index (κ2) is 8.54. The fourth-order valence-corrected chi connectivity index (χ4v) is 3.23. The van der Waals surface area contributed by atoms with E-state index in [-0.39, 0.29) is 17.2 Å². The van der Waals surface area contributed by atoms with Crippen molar-refractivity contribution in [2.75, 3.05) is 43.4 Å². The van der Waals surface area contributed by atoms with Gasteiger partial charge in [0.2, 0.25) is 0 Å². The van der Waals surface area contributed by atoms with Crippen molar-refractivity contribution >= 4 is 28.9 Å². The van der Waals surface area contributed by atoms with Gasteiger partial charge in [-0.25, -0.2) is 4.68 Å². The average molecular weight is 390 g/mol. The van der Waals surface area contributed by atoms with E-state index in [0.29, 0.717) is 17.3 Å². The minimum absolute atomic E-state index is 0.201. The normalized spacial score (nSPS) is 15.0. The van der Waals surface area contributed by atoms with E-state index in [0.717, 1.165) is 38.3 Å². The largest absolute Gasteiger partial charge is 0.367 e. The van der Waals surface area contributed by atoms with Gasteiger partial charge < -0.3 is 15.1 Å². The summed E-state index contributed by atoms with van der Waals surface area (Å²) in [6.07, 6.45) is 0.764. The van der Waals surface area contributed by atoms with Crippen LogP contribution in [0.15, 0.2) is 35.1 Å². The van der Waals surface area contributed by atoms with Crippen molar-refractivity contribution in [3.05, 3.63) is 51.4 Å². The molecule has 8 heteroatoms. The lowest BCUT2D eigenvalue weighted by Gasteiger charge is -2.35. The lowest BCUT2D eigenvalue weighted by atomic mass is 10.2. The Kier molecular flexibility index (Phi) is 6.13. The number of carbonyl (C=O) groups excluding carboxylic acids is 1. The van der Waals surface area contributed by atoms with Crippen molar-refractivity contribution in [1.82, 2.24) is 14.7 Å². The van der Waals surface area contributed by atoms with Gasteiger partial charge in [-0.3, -0.25) is 9.59 Å². The number of nitrogens with zero attached hydrogens (tertiary/aromatic N) is 4. The van der Waals surface area contributed by atoms with Crippen molar-refractivity contribution in [2.45, 2.75) is 19.9 Å². The molecule has 0 aliphatic carbocycles. The van der Waals surface area contributed by atoms with Crippen LogP contribution in [0.25, 0.3) is 0 Å². The van der Waals surface area contributed by atoms with Gasteiger partial charge in [-0.15, -0.1) is 0 Å². The third-order valence-corrected chi connectivity index (χ3v) is 4.82. The van der Waals surface area contributed by atoms with Crippen LogP contribution in [-0.4, -0.2) is 53.8 Å². The molecule has 1 saturated heterocycles. The second-order valence-electron chi connectivity index (χ2n) is 6.69. The molecule has 0 unspecified atom stereocenters. The number of likely N-dealkylation sites (N-methyl/N-ethyl adjacent to an activating group) is 1. The van der Waals surface area contributed by atoms with Gasteiger partial charge in [-0.05, 0) is 37.7 Å². The highest BCUT2D eigenvalue weighted by Crippen LogP contribution is 2.30. The Labute approximate surface area is 163 Å². The number of hydrogen-bond donors (Lipinski definition) is 1. The lowest BCUT2D eigenvalue weighted by Crippen LogP contribution is -2.44. The number of anilines is 2. The molecule has 1 amide bonds. The topological polar surface area (TPSA) is 70.5 Å². The Balaban J connectivity index is 1.84. The van der Waals surface area contributed by atoms with E-state index in [1.54, 1.807) is 6.07 Å². The minimum atomic E-state index is -0.363. The van der Waals surface area contributed by atoms with Crippen molar-refractivity contribution in [1.29, 1.82) is 0 Å². The number of rotatable bonds is 5. The van der Waals surface area contributed by atoms with Crippen LogP contribution in [0.4, 0.5) is 11.4 Å². The Hall–Kier alpha value is -2.38. The Morgan fingerprint density at radius 1 is 1.19 bits per heavy atom. The highest BCUT2D eigenvalue weighted by atomic mass is 35.5. The maximum atomic E-state index is 12.7. The maximum Gasteiger partial charge on any atom is 0.276 e. The molecule has 27 heavy (non-hydrogen) atoms. The Morgan fingerprint density at radius 2 is 1.93 bits per heavy atom. The fourth-order valence-electron chi connectivity index (χ4n) is 3.06. The predicted octanol–water partition coefficient (Wildman–Crippen LogP) is 2.31. The summed E-state index contributed by atoms with van der Waals surface area (Å²) in [5.74, 6) is -0.363. The molecule has 3 rings (SSSR count). The Morgan fingerprint density at radius 3 is 2.63 bits per heavy atom. The molecular formula is C19H24ClN5O2. The third kappa shape index (κ3) is 4.67. The zero-order chi connectivity index (χ0) is 19.4. The second-order valence-corrected chi connectivity index (χ2v) is 7.12. The SMILES string of the molecule is CCCn1nc(C(=O)Nc2cc(Cl)ccc2N2CCN(C)CC2)ccc1=O. The zero-order valence-corrected chi connectivity index (χ0v) is 16.4. The number of halogens is 1. The van der Waals surface area contributed by atoms with Crippen LogP contribution in [-0.2, 0) is 6.54 Å². The summed E-state index contributed by atoms with van der Waals surface area (Å²) in [4.78, 5) is 29.0. The molecule has 0 radical (unpaired) electrons. The maximum absolute atomic E-state index is 12.7. The highest BCUT2D eigenvalue weighted by Gasteiger charge is 2.19. The molecule has 0 saturated carbocycles. The number of piperazine rings is 1. The zero-order valence-electron chi connectivity index (χ0n) is 15.6. The molecule has 1 aromatic carbocycles. The van der Waals surface area contributed by atoms with Crippen LogP contribution < -0.4 is 15.8 Å². The quantitative estimate of drug-likeness (QED) is 0.849. The lowest BCUT2D eigenvalue weighted by molar-refractivity contribution is 0.102. The van der Waals surface area contributed by atoms with Gasteiger partial charge in [-0.1, -0.05) is 18.5 Å². The van der Waals surface area contributed by atoms with Gasteiger partial charge in [0.15, 0.2) is 0 Å². The van der Waals surface area contributed by atoms with Gasteiger partial charge in [0, 0.05) is 43.8 Å². The number of aromatic nitrogens is 2. The summed E-state index contributed by atoms with van der Waals surface area (Å²) in [7, 11) is 2.10. The molecule has 0 atom stereocenters. The number of amides is 1. The smallest absolute Gasteiger partial charge is 0.276 e. The molecule has 2 aromatic rings. The van der Waals surface area contributed by atoms with E-state index in [9.17, 15) is 9.59 Å². The van der Waals surface area contributed by atoms with Crippen LogP contribution in [0.2, 0.25) is 5.02 Å². The van der Waals surface area contributed by atoms with Gasteiger partial charge in [-0.2, -0.15) is 5.10 Å². The molecule has 1 aliphatic rings. The van der Waals surface area contributed by atoms with Gasteiger partial charge in [0.25, 0.3) is 11.5 Å². The third-order valence-electron chi connectivity index (χ3n) is 4.59.